The number of para-hydroxylation sites is 1. The Labute approximate surface area is 160 Å². The van der Waals surface area contributed by atoms with Crippen molar-refractivity contribution in [3.05, 3.63) is 80.6 Å². The summed E-state index contributed by atoms with van der Waals surface area (Å²) in [5, 5.41) is 10.4. The number of hydrogen-bond acceptors (Lipinski definition) is 4. The van der Waals surface area contributed by atoms with Gasteiger partial charge in [-0.2, -0.15) is 13.2 Å². The van der Waals surface area contributed by atoms with Gasteiger partial charge in [0.05, 0.1) is 16.9 Å². The normalized spacial score (nSPS) is 11.9. The molecule has 0 spiro atoms. The standard InChI is InChI=1S/C18H11F4N3O2S/c19-10-5-7-11(8-6-10)25-16(27)12(15(26)24-17(25)28)9-23-14-4-2-1-3-13(14)18(20,21)22/h1-9,27H,(H,24,26,28). The maximum atomic E-state index is 13.1. The van der Waals surface area contributed by atoms with E-state index in [9.17, 15) is 27.5 Å². The van der Waals surface area contributed by atoms with Crippen molar-refractivity contribution in [2.45, 2.75) is 6.18 Å². The Morgan fingerprint density at radius 1 is 1.11 bits per heavy atom. The second kappa shape index (κ2) is 7.39. The molecule has 3 rings (SSSR count). The molecule has 0 fully saturated rings. The Balaban J connectivity index is 2.13. The maximum Gasteiger partial charge on any atom is 0.418 e. The van der Waals surface area contributed by atoms with Crippen molar-refractivity contribution in [1.82, 2.24) is 9.55 Å². The molecule has 0 aliphatic rings. The van der Waals surface area contributed by atoms with Gasteiger partial charge >= 0.3 is 6.18 Å². The van der Waals surface area contributed by atoms with E-state index in [0.29, 0.717) is 0 Å². The molecule has 0 aliphatic carbocycles. The van der Waals surface area contributed by atoms with Crippen LogP contribution in [0.5, 0.6) is 5.88 Å². The van der Waals surface area contributed by atoms with Gasteiger partial charge in [-0.25, -0.2) is 4.39 Å². The molecular weight excluding hydrogens is 398 g/mol. The molecular formula is C18H11F4N3O2S. The lowest BCUT2D eigenvalue weighted by Gasteiger charge is -2.11. The molecule has 0 aliphatic heterocycles. The van der Waals surface area contributed by atoms with Crippen LogP contribution in [0.1, 0.15) is 11.1 Å². The first-order chi connectivity index (χ1) is 13.2. The number of nitrogens with one attached hydrogen (secondary N) is 1. The number of aliphatic imine (C=N–C) groups is 1. The number of hydrogen-bond donors (Lipinski definition) is 2. The fourth-order valence-corrected chi connectivity index (χ4v) is 2.73. The Hall–Kier alpha value is -3.27. The second-order valence-electron chi connectivity index (χ2n) is 5.58. The SMILES string of the molecule is O=c1[nH]c(=S)n(-c2ccc(F)cc2)c(O)c1C=Nc1ccccc1C(F)(F)F. The van der Waals surface area contributed by atoms with Crippen LogP contribution in [-0.2, 0) is 6.18 Å². The van der Waals surface area contributed by atoms with E-state index in [4.69, 9.17) is 12.2 Å². The van der Waals surface area contributed by atoms with Crippen molar-refractivity contribution >= 4 is 24.1 Å². The highest BCUT2D eigenvalue weighted by molar-refractivity contribution is 7.71. The predicted octanol–water partition coefficient (Wildman–Crippen LogP) is 4.51. The number of aromatic hydroxyl groups is 1. The van der Waals surface area contributed by atoms with Gasteiger partial charge in [-0.15, -0.1) is 0 Å². The zero-order chi connectivity index (χ0) is 20.5. The summed E-state index contributed by atoms with van der Waals surface area (Å²) >= 11 is 5.01. The molecule has 0 radical (unpaired) electrons. The van der Waals surface area contributed by atoms with E-state index in [0.717, 1.165) is 35.0 Å². The molecule has 0 atom stereocenters. The van der Waals surface area contributed by atoms with E-state index >= 15 is 0 Å². The lowest BCUT2D eigenvalue weighted by Crippen LogP contribution is -2.18. The van der Waals surface area contributed by atoms with E-state index in [2.05, 4.69) is 9.98 Å². The van der Waals surface area contributed by atoms with Crippen LogP contribution in [-0.4, -0.2) is 20.9 Å². The molecule has 5 nitrogen and oxygen atoms in total. The fraction of sp³-hybridized carbons (Fsp3) is 0.0556. The van der Waals surface area contributed by atoms with Crippen LogP contribution in [0.4, 0.5) is 23.2 Å². The summed E-state index contributed by atoms with van der Waals surface area (Å²) in [6, 6.07) is 9.40. The number of benzene rings is 2. The van der Waals surface area contributed by atoms with Crippen LogP contribution in [0.2, 0.25) is 0 Å². The molecule has 0 bridgehead atoms. The number of aromatic amines is 1. The van der Waals surface area contributed by atoms with Crippen molar-refractivity contribution in [3.63, 3.8) is 0 Å². The van der Waals surface area contributed by atoms with Gasteiger partial charge in [0.25, 0.3) is 5.56 Å². The first kappa shape index (κ1) is 19.5. The maximum absolute atomic E-state index is 13.1. The summed E-state index contributed by atoms with van der Waals surface area (Å²) in [7, 11) is 0. The van der Waals surface area contributed by atoms with E-state index in [1.165, 1.54) is 24.3 Å². The predicted molar refractivity (Wildman–Crippen MR) is 97.5 cm³/mol. The summed E-state index contributed by atoms with van der Waals surface area (Å²) in [5.41, 5.74) is -2.42. The topological polar surface area (TPSA) is 70.4 Å². The Bertz CT molecular complexity index is 1170. The van der Waals surface area contributed by atoms with E-state index in [1.807, 2.05) is 0 Å². The first-order valence-electron chi connectivity index (χ1n) is 7.73. The molecule has 0 saturated carbocycles. The summed E-state index contributed by atoms with van der Waals surface area (Å²) in [4.78, 5) is 18.1. The number of alkyl halides is 3. The molecule has 3 aromatic rings. The zero-order valence-corrected chi connectivity index (χ0v) is 14.7. The third-order valence-electron chi connectivity index (χ3n) is 3.75. The zero-order valence-electron chi connectivity index (χ0n) is 13.9. The Morgan fingerprint density at radius 3 is 2.39 bits per heavy atom. The van der Waals surface area contributed by atoms with Gasteiger partial charge in [-0.05, 0) is 48.6 Å². The van der Waals surface area contributed by atoms with Gasteiger partial charge in [0.2, 0.25) is 5.88 Å². The van der Waals surface area contributed by atoms with Crippen molar-refractivity contribution < 1.29 is 22.7 Å². The van der Waals surface area contributed by atoms with Gasteiger partial charge in [-0.1, -0.05) is 12.1 Å². The minimum atomic E-state index is -4.64. The number of aromatic nitrogens is 2. The van der Waals surface area contributed by atoms with Crippen LogP contribution in [0.3, 0.4) is 0 Å². The molecule has 28 heavy (non-hydrogen) atoms. The van der Waals surface area contributed by atoms with E-state index in [-0.39, 0.29) is 10.5 Å². The van der Waals surface area contributed by atoms with Gasteiger partial charge in [0.15, 0.2) is 4.77 Å². The second-order valence-corrected chi connectivity index (χ2v) is 5.97. The van der Waals surface area contributed by atoms with Crippen molar-refractivity contribution in [1.29, 1.82) is 0 Å². The minimum absolute atomic E-state index is 0.179. The molecule has 0 amide bonds. The highest BCUT2D eigenvalue weighted by atomic mass is 32.1. The Kier molecular flexibility index (Phi) is 5.14. The minimum Gasteiger partial charge on any atom is -0.494 e. The lowest BCUT2D eigenvalue weighted by atomic mass is 10.2. The van der Waals surface area contributed by atoms with Crippen LogP contribution in [0.25, 0.3) is 5.69 Å². The van der Waals surface area contributed by atoms with E-state index < -0.39 is 40.2 Å². The average molecular weight is 409 g/mol. The summed E-state index contributed by atoms with van der Waals surface area (Å²) in [5.74, 6) is -1.17. The molecule has 0 unspecified atom stereocenters. The molecule has 1 aromatic heterocycles. The van der Waals surface area contributed by atoms with Crippen LogP contribution < -0.4 is 5.56 Å². The molecule has 2 N–H and O–H groups in total. The van der Waals surface area contributed by atoms with Gasteiger partial charge in [0, 0.05) is 6.21 Å². The fourth-order valence-electron chi connectivity index (χ4n) is 2.44. The number of H-pyrrole nitrogens is 1. The molecule has 0 saturated heterocycles. The van der Waals surface area contributed by atoms with Gasteiger partial charge in [-0.3, -0.25) is 19.3 Å². The molecule has 1 heterocycles. The summed E-state index contributed by atoms with van der Waals surface area (Å²) in [6.45, 7) is 0. The quantitative estimate of drug-likeness (QED) is 0.380. The van der Waals surface area contributed by atoms with E-state index in [1.54, 1.807) is 0 Å². The molecule has 144 valence electrons. The highest BCUT2D eigenvalue weighted by Crippen LogP contribution is 2.36. The summed E-state index contributed by atoms with van der Waals surface area (Å²) < 4.78 is 53.2. The van der Waals surface area contributed by atoms with Crippen molar-refractivity contribution in [2.75, 3.05) is 0 Å². The molecule has 10 heteroatoms. The lowest BCUT2D eigenvalue weighted by molar-refractivity contribution is -0.137. The Morgan fingerprint density at radius 2 is 1.75 bits per heavy atom. The average Bonchev–Trinajstić information content (AvgIpc) is 2.62. The van der Waals surface area contributed by atoms with Crippen LogP contribution >= 0.6 is 12.2 Å². The van der Waals surface area contributed by atoms with Crippen molar-refractivity contribution in [2.24, 2.45) is 4.99 Å². The number of rotatable bonds is 3. The van der Waals surface area contributed by atoms with Crippen LogP contribution in [0, 0.1) is 10.6 Å². The summed E-state index contributed by atoms with van der Waals surface area (Å²) in [6.07, 6.45) is -3.82. The largest absolute Gasteiger partial charge is 0.494 e. The number of halogens is 4. The third kappa shape index (κ3) is 3.86. The third-order valence-corrected chi connectivity index (χ3v) is 4.03. The van der Waals surface area contributed by atoms with Crippen molar-refractivity contribution in [3.8, 4) is 11.6 Å². The smallest absolute Gasteiger partial charge is 0.418 e. The van der Waals surface area contributed by atoms with Gasteiger partial charge < -0.3 is 5.11 Å². The first-order valence-corrected chi connectivity index (χ1v) is 8.14. The monoisotopic (exact) mass is 409 g/mol. The number of nitrogens with zero attached hydrogens (tertiary/aromatic N) is 2. The molecule has 2 aromatic carbocycles. The highest BCUT2D eigenvalue weighted by Gasteiger charge is 2.33. The van der Waals surface area contributed by atoms with Crippen LogP contribution in [0.15, 0.2) is 58.3 Å². The van der Waals surface area contributed by atoms with Gasteiger partial charge in [0.1, 0.15) is 11.4 Å².